The molecule has 0 aliphatic carbocycles. The molecule has 0 aliphatic rings. The summed E-state index contributed by atoms with van der Waals surface area (Å²) < 4.78 is 4.67. The number of carboxylic acids is 1. The fourth-order valence-corrected chi connectivity index (χ4v) is 1.23. The molecular weight excluding hydrogens is 224 g/mol. The molecule has 2 N–H and O–H groups in total. The number of hydrogen-bond acceptors (Lipinski definition) is 4. The number of rotatable bonds is 6. The fourth-order valence-electron chi connectivity index (χ4n) is 1.23. The Morgan fingerprint density at radius 3 is 2.88 bits per heavy atom. The van der Waals surface area contributed by atoms with Gasteiger partial charge in [-0.1, -0.05) is 6.07 Å². The van der Waals surface area contributed by atoms with Crippen molar-refractivity contribution in [1.82, 2.24) is 10.3 Å². The lowest BCUT2D eigenvalue weighted by Crippen LogP contribution is -2.30. The second-order valence-corrected chi connectivity index (χ2v) is 3.46. The van der Waals surface area contributed by atoms with Crippen LogP contribution in [0.4, 0.5) is 0 Å². The minimum absolute atomic E-state index is 0.190. The molecule has 0 fully saturated rings. The van der Waals surface area contributed by atoms with Crippen LogP contribution in [0.15, 0.2) is 24.5 Å². The maximum Gasteiger partial charge on any atom is 0.329 e. The Bertz CT molecular complexity index is 380. The molecule has 1 rings (SSSR count). The van der Waals surface area contributed by atoms with E-state index in [0.717, 1.165) is 5.56 Å². The number of carbonyl (C=O) groups is 2. The standard InChI is InChI=1S/C11H14N2O4/c1-8(9-3-2-4-12-5-9)13-10(14)6-17-7-11(15)16/h2-5,8H,6-7H2,1H3,(H,13,14)(H,15,16). The van der Waals surface area contributed by atoms with Crippen LogP contribution >= 0.6 is 0 Å². The van der Waals surface area contributed by atoms with Crippen LogP contribution in [0.1, 0.15) is 18.5 Å². The molecule has 1 heterocycles. The molecule has 0 saturated heterocycles. The van der Waals surface area contributed by atoms with Crippen molar-refractivity contribution < 1.29 is 19.4 Å². The second kappa shape index (κ2) is 6.59. The summed E-state index contributed by atoms with van der Waals surface area (Å²) >= 11 is 0. The number of amides is 1. The topological polar surface area (TPSA) is 88.5 Å². The lowest BCUT2D eigenvalue weighted by Gasteiger charge is -2.13. The summed E-state index contributed by atoms with van der Waals surface area (Å²) in [5, 5.41) is 11.0. The van der Waals surface area contributed by atoms with E-state index in [1.165, 1.54) is 0 Å². The predicted molar refractivity (Wildman–Crippen MR) is 59.2 cm³/mol. The molecule has 1 unspecified atom stereocenters. The third-order valence-corrected chi connectivity index (χ3v) is 2.02. The SMILES string of the molecule is CC(NC(=O)COCC(=O)O)c1cccnc1. The minimum atomic E-state index is -1.10. The van der Waals surface area contributed by atoms with E-state index in [4.69, 9.17) is 5.11 Å². The fraction of sp³-hybridized carbons (Fsp3) is 0.364. The smallest absolute Gasteiger partial charge is 0.329 e. The normalized spacial score (nSPS) is 11.8. The van der Waals surface area contributed by atoms with E-state index in [9.17, 15) is 9.59 Å². The highest BCUT2D eigenvalue weighted by Crippen LogP contribution is 2.09. The maximum atomic E-state index is 11.4. The van der Waals surface area contributed by atoms with Gasteiger partial charge in [-0.15, -0.1) is 0 Å². The molecule has 0 aromatic carbocycles. The largest absolute Gasteiger partial charge is 0.480 e. The minimum Gasteiger partial charge on any atom is -0.480 e. The van der Waals surface area contributed by atoms with Crippen molar-refractivity contribution in [2.24, 2.45) is 0 Å². The van der Waals surface area contributed by atoms with Gasteiger partial charge in [0.2, 0.25) is 5.91 Å². The van der Waals surface area contributed by atoms with E-state index in [1.54, 1.807) is 18.5 Å². The van der Waals surface area contributed by atoms with Gasteiger partial charge in [-0.25, -0.2) is 4.79 Å². The van der Waals surface area contributed by atoms with E-state index in [0.29, 0.717) is 0 Å². The number of hydrogen-bond donors (Lipinski definition) is 2. The van der Waals surface area contributed by atoms with Gasteiger partial charge in [0.25, 0.3) is 0 Å². The first-order valence-corrected chi connectivity index (χ1v) is 5.08. The van der Waals surface area contributed by atoms with Crippen molar-refractivity contribution >= 4 is 11.9 Å². The van der Waals surface area contributed by atoms with Gasteiger partial charge in [-0.3, -0.25) is 9.78 Å². The first-order valence-electron chi connectivity index (χ1n) is 5.08. The Kier molecular flexibility index (Phi) is 5.09. The van der Waals surface area contributed by atoms with Crippen LogP contribution in [-0.4, -0.2) is 35.2 Å². The molecule has 0 aliphatic heterocycles. The Morgan fingerprint density at radius 1 is 1.53 bits per heavy atom. The summed E-state index contributed by atoms with van der Waals surface area (Å²) in [5.41, 5.74) is 0.874. The number of ether oxygens (including phenoxy) is 1. The number of aliphatic carboxylic acids is 1. The zero-order valence-corrected chi connectivity index (χ0v) is 9.42. The highest BCUT2D eigenvalue weighted by Gasteiger charge is 2.09. The van der Waals surface area contributed by atoms with Crippen molar-refractivity contribution in [1.29, 1.82) is 0 Å². The van der Waals surface area contributed by atoms with Crippen LogP contribution in [0.25, 0.3) is 0 Å². The first-order chi connectivity index (χ1) is 8.09. The number of aromatic nitrogens is 1. The number of carbonyl (C=O) groups excluding carboxylic acids is 1. The molecule has 0 saturated carbocycles. The van der Waals surface area contributed by atoms with Crippen LogP contribution in [0.3, 0.4) is 0 Å². The third-order valence-electron chi connectivity index (χ3n) is 2.02. The molecule has 6 heteroatoms. The van der Waals surface area contributed by atoms with E-state index < -0.39 is 12.6 Å². The Morgan fingerprint density at radius 2 is 2.29 bits per heavy atom. The summed E-state index contributed by atoms with van der Waals surface area (Å²) in [5.74, 6) is -1.46. The predicted octanol–water partition coefficient (Wildman–Crippen LogP) is 0.360. The van der Waals surface area contributed by atoms with Gasteiger partial charge in [-0.05, 0) is 18.6 Å². The van der Waals surface area contributed by atoms with Crippen LogP contribution < -0.4 is 5.32 Å². The summed E-state index contributed by atoms with van der Waals surface area (Å²) in [7, 11) is 0. The number of pyridine rings is 1. The molecule has 0 bridgehead atoms. The zero-order chi connectivity index (χ0) is 12.7. The van der Waals surface area contributed by atoms with E-state index in [-0.39, 0.29) is 18.6 Å². The maximum absolute atomic E-state index is 11.4. The van der Waals surface area contributed by atoms with Crippen LogP contribution in [0, 0.1) is 0 Å². The zero-order valence-electron chi connectivity index (χ0n) is 9.42. The molecule has 0 radical (unpaired) electrons. The summed E-state index contributed by atoms with van der Waals surface area (Å²) in [6.07, 6.45) is 3.30. The first kappa shape index (κ1) is 13.1. The highest BCUT2D eigenvalue weighted by molar-refractivity contribution is 5.78. The van der Waals surface area contributed by atoms with Gasteiger partial charge in [0, 0.05) is 12.4 Å². The second-order valence-electron chi connectivity index (χ2n) is 3.46. The van der Waals surface area contributed by atoms with Crippen LogP contribution in [0.2, 0.25) is 0 Å². The summed E-state index contributed by atoms with van der Waals surface area (Å²) in [6.45, 7) is 1.07. The van der Waals surface area contributed by atoms with Crippen molar-refractivity contribution in [2.75, 3.05) is 13.2 Å². The van der Waals surface area contributed by atoms with Gasteiger partial charge < -0.3 is 15.2 Å². The number of carboxylic acid groups (broad SMARTS) is 1. The molecule has 1 aromatic heterocycles. The molecule has 1 aromatic rings. The highest BCUT2D eigenvalue weighted by atomic mass is 16.5. The lowest BCUT2D eigenvalue weighted by atomic mass is 10.1. The summed E-state index contributed by atoms with van der Waals surface area (Å²) in [4.78, 5) is 25.5. The van der Waals surface area contributed by atoms with Crippen molar-refractivity contribution in [2.45, 2.75) is 13.0 Å². The van der Waals surface area contributed by atoms with Gasteiger partial charge in [0.15, 0.2) is 0 Å². The van der Waals surface area contributed by atoms with E-state index in [1.807, 2.05) is 13.0 Å². The lowest BCUT2D eigenvalue weighted by molar-refractivity contribution is -0.143. The third kappa shape index (κ3) is 5.07. The van der Waals surface area contributed by atoms with Crippen molar-refractivity contribution in [3.8, 4) is 0 Å². The van der Waals surface area contributed by atoms with Crippen LogP contribution in [0.5, 0.6) is 0 Å². The van der Waals surface area contributed by atoms with Gasteiger partial charge in [0.05, 0.1) is 6.04 Å². The number of nitrogens with zero attached hydrogens (tertiary/aromatic N) is 1. The summed E-state index contributed by atoms with van der Waals surface area (Å²) in [6, 6.07) is 3.43. The molecule has 1 atom stereocenters. The molecule has 0 spiro atoms. The van der Waals surface area contributed by atoms with Crippen molar-refractivity contribution in [3.63, 3.8) is 0 Å². The average molecular weight is 238 g/mol. The Balaban J connectivity index is 2.34. The quantitative estimate of drug-likeness (QED) is 0.747. The Hall–Kier alpha value is -1.95. The molecule has 6 nitrogen and oxygen atoms in total. The Labute approximate surface area is 98.6 Å². The monoisotopic (exact) mass is 238 g/mol. The van der Waals surface area contributed by atoms with E-state index >= 15 is 0 Å². The molecular formula is C11H14N2O4. The number of nitrogens with one attached hydrogen (secondary N) is 1. The van der Waals surface area contributed by atoms with Crippen LogP contribution in [-0.2, 0) is 14.3 Å². The van der Waals surface area contributed by atoms with Gasteiger partial charge in [0.1, 0.15) is 13.2 Å². The molecule has 1 amide bonds. The van der Waals surface area contributed by atoms with Gasteiger partial charge in [-0.2, -0.15) is 0 Å². The van der Waals surface area contributed by atoms with Gasteiger partial charge >= 0.3 is 5.97 Å². The average Bonchev–Trinajstić information content (AvgIpc) is 2.29. The van der Waals surface area contributed by atoms with Crippen molar-refractivity contribution in [3.05, 3.63) is 30.1 Å². The molecule has 92 valence electrons. The van der Waals surface area contributed by atoms with E-state index in [2.05, 4.69) is 15.0 Å². The molecule has 17 heavy (non-hydrogen) atoms.